The van der Waals surface area contributed by atoms with Crippen LogP contribution in [0.1, 0.15) is 13.3 Å². The molecule has 2 N–H and O–H groups in total. The minimum atomic E-state index is -0.429. The second-order valence-corrected chi connectivity index (χ2v) is 7.37. The molecule has 6 nitrogen and oxygen atoms in total. The molecule has 0 spiro atoms. The Labute approximate surface area is 163 Å². The van der Waals surface area contributed by atoms with Crippen LogP contribution in [0.5, 0.6) is 0 Å². The Morgan fingerprint density at radius 2 is 2.14 bits per heavy atom. The number of H-pyrrole nitrogens is 1. The Morgan fingerprint density at radius 1 is 1.32 bits per heavy atom. The third-order valence-corrected chi connectivity index (χ3v) is 5.64. The van der Waals surface area contributed by atoms with Gasteiger partial charge in [0.1, 0.15) is 11.5 Å². The van der Waals surface area contributed by atoms with Gasteiger partial charge in [-0.1, -0.05) is 19.1 Å². The Bertz CT molecular complexity index is 988. The first-order valence-corrected chi connectivity index (χ1v) is 9.50. The van der Waals surface area contributed by atoms with Crippen molar-refractivity contribution in [2.45, 2.75) is 19.4 Å². The van der Waals surface area contributed by atoms with E-state index < -0.39 is 5.82 Å². The summed E-state index contributed by atoms with van der Waals surface area (Å²) in [6.07, 6.45) is 4.56. The molecule has 3 heterocycles. The number of likely N-dealkylation sites (tertiary alicyclic amines) is 1. The number of aromatic amines is 1. The number of carbonyl (C=O) groups is 1. The average Bonchev–Trinajstić information content (AvgIpc) is 3.18. The van der Waals surface area contributed by atoms with Crippen LogP contribution in [0.15, 0.2) is 48.8 Å². The van der Waals surface area contributed by atoms with E-state index in [2.05, 4.69) is 34.2 Å². The van der Waals surface area contributed by atoms with Crippen molar-refractivity contribution in [2.24, 2.45) is 5.92 Å². The summed E-state index contributed by atoms with van der Waals surface area (Å²) in [5.74, 6) is -0.00815. The number of likely N-dealkylation sites (N-methyl/N-ethyl adjacent to an activating group) is 1. The van der Waals surface area contributed by atoms with Crippen LogP contribution in [0.25, 0.3) is 11.0 Å². The summed E-state index contributed by atoms with van der Waals surface area (Å²) in [5, 5.41) is 3.76. The maximum Gasteiger partial charge on any atom is 0.321 e. The number of carbonyl (C=O) groups excluding carboxylic acids is 1. The van der Waals surface area contributed by atoms with Gasteiger partial charge in [-0.3, -0.25) is 0 Å². The van der Waals surface area contributed by atoms with E-state index in [4.69, 9.17) is 0 Å². The summed E-state index contributed by atoms with van der Waals surface area (Å²) in [5.41, 5.74) is 2.14. The second kappa shape index (κ2) is 7.50. The third kappa shape index (κ3) is 3.40. The molecule has 0 bridgehead atoms. The highest BCUT2D eigenvalue weighted by molar-refractivity contribution is 5.91. The van der Waals surface area contributed by atoms with Crippen LogP contribution in [0.2, 0.25) is 0 Å². The zero-order valence-corrected chi connectivity index (χ0v) is 16.0. The quantitative estimate of drug-likeness (QED) is 0.719. The average molecular weight is 381 g/mol. The number of rotatable bonds is 3. The number of hydrogen-bond acceptors (Lipinski definition) is 3. The van der Waals surface area contributed by atoms with Gasteiger partial charge in [-0.05, 0) is 36.6 Å². The van der Waals surface area contributed by atoms with E-state index in [0.29, 0.717) is 19.0 Å². The van der Waals surface area contributed by atoms with Crippen LogP contribution in [-0.2, 0) is 0 Å². The van der Waals surface area contributed by atoms with Gasteiger partial charge in [0.25, 0.3) is 0 Å². The van der Waals surface area contributed by atoms with Crippen molar-refractivity contribution in [1.82, 2.24) is 14.9 Å². The highest BCUT2D eigenvalue weighted by Gasteiger charge is 2.32. The van der Waals surface area contributed by atoms with Crippen molar-refractivity contribution in [3.8, 4) is 0 Å². The molecular weight excluding hydrogens is 357 g/mol. The van der Waals surface area contributed by atoms with Crippen LogP contribution >= 0.6 is 0 Å². The van der Waals surface area contributed by atoms with Gasteiger partial charge in [-0.15, -0.1) is 0 Å². The Morgan fingerprint density at radius 3 is 2.96 bits per heavy atom. The topological polar surface area (TPSA) is 64.3 Å². The molecule has 4 rings (SSSR count). The lowest BCUT2D eigenvalue weighted by molar-refractivity contribution is 0.172. The normalized spacial score (nSPS) is 19.6. The predicted octanol–water partition coefficient (Wildman–Crippen LogP) is 4.08. The van der Waals surface area contributed by atoms with E-state index in [1.807, 2.05) is 18.3 Å². The van der Waals surface area contributed by atoms with Gasteiger partial charge in [-0.25, -0.2) is 14.2 Å². The smallest absolute Gasteiger partial charge is 0.321 e. The van der Waals surface area contributed by atoms with Crippen LogP contribution in [0.3, 0.4) is 0 Å². The van der Waals surface area contributed by atoms with E-state index in [1.54, 1.807) is 29.3 Å². The molecule has 1 aliphatic rings. The van der Waals surface area contributed by atoms with Crippen molar-refractivity contribution in [2.75, 3.05) is 30.4 Å². The lowest BCUT2D eigenvalue weighted by atomic mass is 9.92. The Balaban J connectivity index is 1.52. The number of fused-ring (bicyclic) bond motifs is 1. The van der Waals surface area contributed by atoms with Crippen LogP contribution in [0, 0.1) is 11.7 Å². The number of benzene rings is 1. The molecule has 1 saturated heterocycles. The zero-order valence-electron chi connectivity index (χ0n) is 16.0. The molecule has 1 fully saturated rings. The number of para-hydroxylation sites is 1. The number of aromatic nitrogens is 2. The molecule has 0 radical (unpaired) electrons. The molecule has 1 aliphatic heterocycles. The summed E-state index contributed by atoms with van der Waals surface area (Å²) >= 11 is 0. The summed E-state index contributed by atoms with van der Waals surface area (Å²) in [6.45, 7) is 3.44. The number of hydrogen-bond donors (Lipinski definition) is 2. The monoisotopic (exact) mass is 381 g/mol. The van der Waals surface area contributed by atoms with Gasteiger partial charge in [0.05, 0.1) is 5.69 Å². The molecular formula is C21H24FN5O. The first-order chi connectivity index (χ1) is 13.5. The largest absolute Gasteiger partial charge is 0.369 e. The van der Waals surface area contributed by atoms with Gasteiger partial charge < -0.3 is 20.1 Å². The van der Waals surface area contributed by atoms with E-state index >= 15 is 0 Å². The van der Waals surface area contributed by atoms with Crippen LogP contribution in [0.4, 0.5) is 20.6 Å². The number of urea groups is 1. The van der Waals surface area contributed by atoms with E-state index in [-0.39, 0.29) is 17.8 Å². The minimum absolute atomic E-state index is 0.153. The number of nitrogens with one attached hydrogen (secondary N) is 2. The molecule has 2 atom stereocenters. The van der Waals surface area contributed by atoms with E-state index in [1.165, 1.54) is 6.07 Å². The summed E-state index contributed by atoms with van der Waals surface area (Å²) in [4.78, 5) is 24.2. The van der Waals surface area contributed by atoms with Gasteiger partial charge in [-0.2, -0.15) is 0 Å². The fourth-order valence-corrected chi connectivity index (χ4v) is 3.93. The predicted molar refractivity (Wildman–Crippen MR) is 109 cm³/mol. The van der Waals surface area contributed by atoms with Crippen molar-refractivity contribution < 1.29 is 9.18 Å². The summed E-state index contributed by atoms with van der Waals surface area (Å²) in [7, 11) is 2.06. The third-order valence-electron chi connectivity index (χ3n) is 5.64. The molecule has 28 heavy (non-hydrogen) atoms. The molecule has 3 aromatic rings. The lowest BCUT2D eigenvalue weighted by Gasteiger charge is -2.42. The fraction of sp³-hybridized carbons (Fsp3) is 0.333. The maximum absolute atomic E-state index is 13.9. The van der Waals surface area contributed by atoms with Crippen molar-refractivity contribution in [3.05, 3.63) is 54.6 Å². The Hall–Kier alpha value is -3.09. The van der Waals surface area contributed by atoms with Crippen LogP contribution < -0.4 is 10.2 Å². The Kier molecular flexibility index (Phi) is 4.90. The molecule has 146 valence electrons. The minimum Gasteiger partial charge on any atom is -0.369 e. The van der Waals surface area contributed by atoms with Crippen molar-refractivity contribution >= 4 is 28.4 Å². The first-order valence-electron chi connectivity index (χ1n) is 9.50. The molecule has 1 aromatic carbocycles. The number of amides is 2. The highest BCUT2D eigenvalue weighted by atomic mass is 19.1. The standard InChI is InChI=1S/C21H24FN5O/c1-14-9-12-27(21(28)25-17-6-4-3-5-16(17)22)13-19(14)26(2)18-8-11-24-20-15(18)7-10-23-20/h3-8,10-11,14,19H,9,12-13H2,1-2H3,(H,23,24)(H,25,28)/t14-,19?/m1/s1. The highest BCUT2D eigenvalue weighted by Crippen LogP contribution is 2.30. The fourth-order valence-electron chi connectivity index (χ4n) is 3.93. The summed E-state index contributed by atoms with van der Waals surface area (Å²) in [6, 6.07) is 10.1. The number of halogens is 1. The molecule has 1 unspecified atom stereocenters. The van der Waals surface area contributed by atoms with Crippen molar-refractivity contribution in [3.63, 3.8) is 0 Å². The zero-order chi connectivity index (χ0) is 19.7. The summed E-state index contributed by atoms with van der Waals surface area (Å²) < 4.78 is 13.9. The second-order valence-electron chi connectivity index (χ2n) is 7.37. The molecule has 7 heteroatoms. The van der Waals surface area contributed by atoms with E-state index in [9.17, 15) is 9.18 Å². The number of piperidine rings is 1. The van der Waals surface area contributed by atoms with Gasteiger partial charge in [0, 0.05) is 49.6 Å². The maximum atomic E-state index is 13.9. The molecule has 2 amide bonds. The lowest BCUT2D eigenvalue weighted by Crippen LogP contribution is -2.53. The number of nitrogens with zero attached hydrogens (tertiary/aromatic N) is 3. The van der Waals surface area contributed by atoms with Gasteiger partial charge in [0.2, 0.25) is 0 Å². The number of anilines is 2. The number of pyridine rings is 1. The first kappa shape index (κ1) is 18.3. The molecule has 0 saturated carbocycles. The van der Waals surface area contributed by atoms with E-state index in [0.717, 1.165) is 23.1 Å². The molecule has 2 aromatic heterocycles. The SMILES string of the molecule is C[C@@H]1CCN(C(=O)Nc2ccccc2F)CC1N(C)c1ccnc2[nH]ccc12. The van der Waals surface area contributed by atoms with Gasteiger partial charge in [0.15, 0.2) is 0 Å². The van der Waals surface area contributed by atoms with Crippen LogP contribution in [-0.4, -0.2) is 47.1 Å². The van der Waals surface area contributed by atoms with Crippen molar-refractivity contribution in [1.29, 1.82) is 0 Å². The molecule has 0 aliphatic carbocycles. The van der Waals surface area contributed by atoms with Gasteiger partial charge >= 0.3 is 6.03 Å².